The molecule has 9 heteroatoms. The second-order valence-corrected chi connectivity index (χ2v) is 6.76. The van der Waals surface area contributed by atoms with Crippen molar-refractivity contribution in [3.63, 3.8) is 0 Å². The number of hydrogen-bond donors (Lipinski definition) is 2. The Balaban J connectivity index is 1.90. The van der Waals surface area contributed by atoms with Crippen molar-refractivity contribution in [2.45, 2.75) is 18.9 Å². The number of pyridine rings is 2. The van der Waals surface area contributed by atoms with Crippen LogP contribution in [0.4, 0.5) is 10.2 Å². The van der Waals surface area contributed by atoms with Crippen LogP contribution in [-0.2, 0) is 4.79 Å². The van der Waals surface area contributed by atoms with Crippen LogP contribution < -0.4 is 16.1 Å². The number of carbonyl (C=O) groups excluding carboxylic acids is 1. The van der Waals surface area contributed by atoms with Gasteiger partial charge in [0.1, 0.15) is 11.2 Å². The molecule has 26 heavy (non-hydrogen) atoms. The van der Waals surface area contributed by atoms with Gasteiger partial charge in [-0.25, -0.2) is 14.2 Å². The number of aromatic carboxylic acids is 1. The van der Waals surface area contributed by atoms with Crippen LogP contribution in [0.2, 0.25) is 0 Å². The Hall–Kier alpha value is -2.81. The van der Waals surface area contributed by atoms with E-state index in [0.717, 1.165) is 18.9 Å². The molecule has 0 amide bonds. The second-order valence-electron chi connectivity index (χ2n) is 6.76. The van der Waals surface area contributed by atoms with Gasteiger partial charge < -0.3 is 20.3 Å². The maximum absolute atomic E-state index is 14.6. The maximum Gasteiger partial charge on any atom is 0.341 e. The average molecular weight is 360 g/mol. The van der Waals surface area contributed by atoms with Gasteiger partial charge in [-0.15, -0.1) is 0 Å². The van der Waals surface area contributed by atoms with Gasteiger partial charge in [0.15, 0.2) is 17.4 Å². The zero-order valence-corrected chi connectivity index (χ0v) is 13.8. The van der Waals surface area contributed by atoms with Crippen LogP contribution in [0, 0.1) is 11.7 Å². The number of hydrogen-bond acceptors (Lipinski definition) is 6. The van der Waals surface area contributed by atoms with Crippen LogP contribution in [0.15, 0.2) is 17.1 Å². The van der Waals surface area contributed by atoms with Crippen LogP contribution in [-0.4, -0.2) is 46.0 Å². The maximum atomic E-state index is 14.6. The van der Waals surface area contributed by atoms with Crippen LogP contribution in [0.3, 0.4) is 0 Å². The van der Waals surface area contributed by atoms with Gasteiger partial charge in [0.25, 0.3) is 0 Å². The highest BCUT2D eigenvalue weighted by Gasteiger charge is 2.33. The number of carbonyl (C=O) groups is 2. The van der Waals surface area contributed by atoms with Crippen molar-refractivity contribution in [3.05, 3.63) is 33.9 Å². The standard InChI is InChI=1S/C17H17FN4O4/c18-12-3-10-14(24)11(17(25)26)6-22(9-1-2-9)15(10)20-16(12)21-5-8(4-19)13(23)7-21/h3,6,8-9H,1-2,4-5,7,19H2,(H,25,26). The second kappa shape index (κ2) is 5.87. The van der Waals surface area contributed by atoms with Crippen molar-refractivity contribution in [2.75, 3.05) is 24.5 Å². The fraction of sp³-hybridized carbons (Fsp3) is 0.412. The highest BCUT2D eigenvalue weighted by molar-refractivity contribution is 5.93. The molecule has 1 unspecified atom stereocenters. The van der Waals surface area contributed by atoms with E-state index in [1.54, 1.807) is 4.57 Å². The van der Waals surface area contributed by atoms with E-state index < -0.39 is 22.8 Å². The Labute approximate surface area is 147 Å². The molecular formula is C17H17FN4O4. The molecule has 1 saturated carbocycles. The minimum atomic E-state index is -1.35. The fourth-order valence-electron chi connectivity index (χ4n) is 3.36. The molecule has 1 atom stereocenters. The molecule has 0 spiro atoms. The van der Waals surface area contributed by atoms with Gasteiger partial charge >= 0.3 is 5.97 Å². The summed E-state index contributed by atoms with van der Waals surface area (Å²) in [5, 5.41) is 9.18. The van der Waals surface area contributed by atoms with Crippen molar-refractivity contribution >= 4 is 28.6 Å². The van der Waals surface area contributed by atoms with E-state index in [1.807, 2.05) is 0 Å². The molecule has 2 fully saturated rings. The van der Waals surface area contributed by atoms with Crippen LogP contribution in [0.1, 0.15) is 29.2 Å². The number of carboxylic acids is 1. The number of Topliss-reactive ketones (excluding diaryl/α,β-unsaturated/α-hetero) is 1. The summed E-state index contributed by atoms with van der Waals surface area (Å²) in [6.07, 6.45) is 2.95. The monoisotopic (exact) mass is 360 g/mol. The summed E-state index contributed by atoms with van der Waals surface area (Å²) in [6.45, 7) is 0.461. The number of aromatic nitrogens is 2. The number of rotatable bonds is 4. The number of ketones is 1. The molecule has 1 aliphatic carbocycles. The van der Waals surface area contributed by atoms with Crippen LogP contribution in [0.25, 0.3) is 11.0 Å². The predicted octanol–water partition coefficient (Wildman–Crippen LogP) is 0.533. The molecule has 1 aliphatic heterocycles. The largest absolute Gasteiger partial charge is 0.477 e. The minimum absolute atomic E-state index is 0.0121. The summed E-state index contributed by atoms with van der Waals surface area (Å²) in [7, 11) is 0. The van der Waals surface area contributed by atoms with E-state index >= 15 is 0 Å². The number of fused-ring (bicyclic) bond motifs is 1. The number of nitrogens with two attached hydrogens (primary N) is 1. The third kappa shape index (κ3) is 2.55. The normalized spacial score (nSPS) is 20.2. The third-order valence-corrected chi connectivity index (χ3v) is 4.94. The Morgan fingerprint density at radius 3 is 2.69 bits per heavy atom. The SMILES string of the molecule is NCC1CN(c2nc3c(cc2F)c(=O)c(C(=O)O)cn3C2CC2)CC1=O. The van der Waals surface area contributed by atoms with Crippen molar-refractivity contribution in [1.82, 2.24) is 9.55 Å². The molecule has 2 aliphatic rings. The number of nitrogens with zero attached hydrogens (tertiary/aromatic N) is 3. The lowest BCUT2D eigenvalue weighted by Gasteiger charge is -2.19. The topological polar surface area (TPSA) is 119 Å². The molecule has 136 valence electrons. The fourth-order valence-corrected chi connectivity index (χ4v) is 3.36. The van der Waals surface area contributed by atoms with Crippen molar-refractivity contribution < 1.29 is 19.1 Å². The number of carboxylic acid groups (broad SMARTS) is 1. The summed E-state index contributed by atoms with van der Waals surface area (Å²) in [6, 6.07) is 1.06. The smallest absolute Gasteiger partial charge is 0.341 e. The predicted molar refractivity (Wildman–Crippen MR) is 91.0 cm³/mol. The summed E-state index contributed by atoms with van der Waals surface area (Å²) in [5.41, 5.74) is 4.64. The lowest BCUT2D eigenvalue weighted by molar-refractivity contribution is -0.119. The number of anilines is 1. The highest BCUT2D eigenvalue weighted by Crippen LogP contribution is 2.37. The molecule has 1 saturated heterocycles. The third-order valence-electron chi connectivity index (χ3n) is 4.94. The van der Waals surface area contributed by atoms with Crippen molar-refractivity contribution in [2.24, 2.45) is 11.7 Å². The summed E-state index contributed by atoms with van der Waals surface area (Å²) in [5.74, 6) is -2.57. The first-order valence-corrected chi connectivity index (χ1v) is 8.37. The zero-order valence-electron chi connectivity index (χ0n) is 13.8. The first kappa shape index (κ1) is 16.6. The van der Waals surface area contributed by atoms with Gasteiger partial charge in [-0.2, -0.15) is 0 Å². The lowest BCUT2D eigenvalue weighted by atomic mass is 10.1. The van der Waals surface area contributed by atoms with Crippen molar-refractivity contribution in [1.29, 1.82) is 0 Å². The van der Waals surface area contributed by atoms with E-state index in [4.69, 9.17) is 5.73 Å². The van der Waals surface area contributed by atoms with Gasteiger partial charge in [-0.1, -0.05) is 0 Å². The molecule has 2 aromatic rings. The van der Waals surface area contributed by atoms with Crippen LogP contribution >= 0.6 is 0 Å². The zero-order chi connectivity index (χ0) is 18.6. The number of halogens is 1. The molecular weight excluding hydrogens is 343 g/mol. The molecule has 3 heterocycles. The molecule has 3 N–H and O–H groups in total. The summed E-state index contributed by atoms with van der Waals surface area (Å²) >= 11 is 0. The van der Waals surface area contributed by atoms with Gasteiger partial charge in [-0.05, 0) is 18.9 Å². The molecule has 2 aromatic heterocycles. The van der Waals surface area contributed by atoms with Crippen molar-refractivity contribution in [3.8, 4) is 0 Å². The molecule has 0 bridgehead atoms. The van der Waals surface area contributed by atoms with E-state index in [0.29, 0.717) is 0 Å². The Morgan fingerprint density at radius 1 is 1.38 bits per heavy atom. The highest BCUT2D eigenvalue weighted by atomic mass is 19.1. The van der Waals surface area contributed by atoms with Gasteiger partial charge in [-0.3, -0.25) is 9.59 Å². The summed E-state index contributed by atoms with van der Waals surface area (Å²) < 4.78 is 16.3. The Morgan fingerprint density at radius 2 is 2.12 bits per heavy atom. The van der Waals surface area contributed by atoms with Gasteiger partial charge in [0.05, 0.1) is 11.9 Å². The lowest BCUT2D eigenvalue weighted by Crippen LogP contribution is -2.26. The first-order valence-electron chi connectivity index (χ1n) is 8.37. The van der Waals surface area contributed by atoms with Crippen LogP contribution in [0.5, 0.6) is 0 Å². The average Bonchev–Trinajstić information content (AvgIpc) is 3.37. The Bertz CT molecular complexity index is 998. The van der Waals surface area contributed by atoms with E-state index in [-0.39, 0.29) is 54.2 Å². The Kier molecular flexibility index (Phi) is 3.76. The summed E-state index contributed by atoms with van der Waals surface area (Å²) in [4.78, 5) is 41.5. The van der Waals surface area contributed by atoms with E-state index in [1.165, 1.54) is 11.1 Å². The van der Waals surface area contributed by atoms with E-state index in [2.05, 4.69) is 4.98 Å². The molecule has 4 rings (SSSR count). The van der Waals surface area contributed by atoms with E-state index in [9.17, 15) is 23.9 Å². The minimum Gasteiger partial charge on any atom is -0.477 e. The molecule has 8 nitrogen and oxygen atoms in total. The van der Waals surface area contributed by atoms with Gasteiger partial charge in [0, 0.05) is 31.2 Å². The molecule has 0 radical (unpaired) electrons. The first-order chi connectivity index (χ1) is 12.4. The van der Waals surface area contributed by atoms with Gasteiger partial charge in [0.2, 0.25) is 5.43 Å². The quantitative estimate of drug-likeness (QED) is 0.816. The molecule has 0 aromatic carbocycles.